The number of hydrogen-bond acceptors (Lipinski definition) is 2. The van der Waals surface area contributed by atoms with Crippen LogP contribution in [0.2, 0.25) is 0 Å². The van der Waals surface area contributed by atoms with Crippen molar-refractivity contribution in [2.75, 3.05) is 0 Å². The van der Waals surface area contributed by atoms with Crippen LogP contribution in [0.3, 0.4) is 0 Å². The molecule has 3 nitrogen and oxygen atoms in total. The maximum atomic E-state index is 10.0. The van der Waals surface area contributed by atoms with Crippen LogP contribution in [0, 0.1) is 0 Å². The molecule has 11 heteroatoms. The second-order valence-electron chi connectivity index (χ2n) is 8.35. The summed E-state index contributed by atoms with van der Waals surface area (Å²) in [6.07, 6.45) is 0. The summed E-state index contributed by atoms with van der Waals surface area (Å²) in [6, 6.07) is 17.4. The predicted octanol–water partition coefficient (Wildman–Crippen LogP) is -4.31. The Kier molecular flexibility index (Phi) is 5.89. The van der Waals surface area contributed by atoms with E-state index in [1.165, 1.54) is 0 Å². The van der Waals surface area contributed by atoms with Crippen LogP contribution in [0.15, 0.2) is 54.6 Å². The third kappa shape index (κ3) is 3.40. The molecule has 0 atom stereocenters. The van der Waals surface area contributed by atoms with Gasteiger partial charge in [0.05, 0.1) is 5.69 Å². The van der Waals surface area contributed by atoms with E-state index in [4.69, 9.17) is 54.9 Å². The molecule has 0 bridgehead atoms. The van der Waals surface area contributed by atoms with Gasteiger partial charge in [-0.05, 0) is 27.9 Å². The fourth-order valence-corrected chi connectivity index (χ4v) is 4.76. The van der Waals surface area contributed by atoms with Gasteiger partial charge in [0.15, 0.2) is 0 Å². The Labute approximate surface area is 213 Å². The Balaban J connectivity index is 2.11. The van der Waals surface area contributed by atoms with Gasteiger partial charge in [0.1, 0.15) is 54.9 Å². The third-order valence-corrected chi connectivity index (χ3v) is 6.45. The first-order chi connectivity index (χ1) is 16.7. The summed E-state index contributed by atoms with van der Waals surface area (Å²) < 4.78 is 1.80. The van der Waals surface area contributed by atoms with Crippen molar-refractivity contribution in [3.05, 3.63) is 54.6 Å². The van der Waals surface area contributed by atoms with Gasteiger partial charge in [-0.3, -0.25) is 0 Å². The fourth-order valence-electron chi connectivity index (χ4n) is 4.76. The minimum atomic E-state index is -1.97. The predicted molar refractivity (Wildman–Crippen MR) is 154 cm³/mol. The maximum Gasteiger partial charge on any atom is 0.487 e. The first-order valence-electron chi connectivity index (χ1n) is 10.7. The molecule has 0 aliphatic heterocycles. The summed E-state index contributed by atoms with van der Waals surface area (Å²) in [7, 11) is 42.7. The number of hydrogen-bond donors (Lipinski definition) is 2. The lowest BCUT2D eigenvalue weighted by Gasteiger charge is -2.20. The molecule has 0 saturated carbocycles. The zero-order valence-corrected chi connectivity index (χ0v) is 18.7. The zero-order valence-electron chi connectivity index (χ0n) is 18.7. The van der Waals surface area contributed by atoms with Gasteiger partial charge in [-0.15, -0.1) is 16.4 Å². The highest BCUT2D eigenvalue weighted by molar-refractivity contribution is 6.76. The largest absolute Gasteiger partial charge is 0.487 e. The molecule has 0 aliphatic rings. The molecule has 2 N–H and O–H groups in total. The summed E-state index contributed by atoms with van der Waals surface area (Å²) in [6.45, 7) is 0. The molecule has 0 aliphatic carbocycles. The lowest BCUT2D eigenvalue weighted by Crippen LogP contribution is -2.56. The first-order valence-corrected chi connectivity index (χ1v) is 10.7. The van der Waals surface area contributed by atoms with Crippen LogP contribution >= 0.6 is 0 Å². The highest BCUT2D eigenvalue weighted by Crippen LogP contribution is 2.32. The van der Waals surface area contributed by atoms with E-state index < -0.39 is 7.12 Å². The normalized spacial score (nSPS) is 11.4. The average molecular weight is 432 g/mol. The molecule has 14 radical (unpaired) electrons. The average Bonchev–Trinajstić information content (AvgIpc) is 3.22. The van der Waals surface area contributed by atoms with E-state index in [1.54, 1.807) is 4.57 Å². The third-order valence-electron chi connectivity index (χ3n) is 6.45. The van der Waals surface area contributed by atoms with E-state index in [-0.39, 0.29) is 43.7 Å². The van der Waals surface area contributed by atoms with E-state index in [2.05, 4.69) is 0 Å². The van der Waals surface area contributed by atoms with Crippen LogP contribution in [0.25, 0.3) is 38.6 Å². The first kappa shape index (κ1) is 23.8. The molecule has 0 spiro atoms. The highest BCUT2D eigenvalue weighted by Gasteiger charge is 2.27. The molecular formula is C24H11B8NO2. The van der Waals surface area contributed by atoms with Crippen LogP contribution in [0.4, 0.5) is 0 Å². The SMILES string of the molecule is [B]c1c([B])c([B])c2c(c1[B])c1c([B])c(B(O)O)c([B])c([B])c1n2-c1ccccc1-c1ccccc1. The van der Waals surface area contributed by atoms with Gasteiger partial charge in [-0.1, -0.05) is 70.4 Å². The summed E-state index contributed by atoms with van der Waals surface area (Å²) in [5.74, 6) is 0. The minimum absolute atomic E-state index is 0.00193. The van der Waals surface area contributed by atoms with Crippen molar-refractivity contribution in [3.8, 4) is 16.8 Å². The summed E-state index contributed by atoms with van der Waals surface area (Å²) in [5, 5.41) is 20.8. The van der Waals surface area contributed by atoms with Crippen LogP contribution < -0.4 is 43.7 Å². The topological polar surface area (TPSA) is 45.4 Å². The van der Waals surface area contributed by atoms with E-state index in [0.717, 1.165) is 11.1 Å². The van der Waals surface area contributed by atoms with E-state index in [1.807, 2.05) is 54.6 Å². The van der Waals surface area contributed by atoms with Crippen molar-refractivity contribution in [2.45, 2.75) is 0 Å². The van der Waals surface area contributed by atoms with Gasteiger partial charge in [-0.2, -0.15) is 0 Å². The molecular weight excluding hydrogens is 421 g/mol. The quantitative estimate of drug-likeness (QED) is 0.284. The van der Waals surface area contributed by atoms with Gasteiger partial charge in [0.2, 0.25) is 0 Å². The zero-order chi connectivity index (χ0) is 25.2. The van der Waals surface area contributed by atoms with Gasteiger partial charge < -0.3 is 14.6 Å². The second kappa shape index (κ2) is 8.65. The van der Waals surface area contributed by atoms with Gasteiger partial charge in [0.25, 0.3) is 0 Å². The molecule has 5 rings (SSSR count). The van der Waals surface area contributed by atoms with Crippen molar-refractivity contribution >= 4 is 128 Å². The standard InChI is InChI=1S/C24H11B8NO2/c25-15-13-14-16(26)22(32(34)35)19(29)21(31)24(14)33(23(13)20(30)18(28)17(15)27)12-9-5-4-8-11(12)10-6-2-1-3-7-10/h1-9,34-35H. The van der Waals surface area contributed by atoms with Crippen molar-refractivity contribution in [3.63, 3.8) is 0 Å². The molecule has 1 heterocycles. The number of para-hydroxylation sites is 1. The fraction of sp³-hybridized carbons (Fsp3) is 0. The van der Waals surface area contributed by atoms with E-state index in [0.29, 0.717) is 27.5 Å². The van der Waals surface area contributed by atoms with Crippen molar-refractivity contribution in [1.82, 2.24) is 4.57 Å². The van der Waals surface area contributed by atoms with Crippen LogP contribution in [0.5, 0.6) is 0 Å². The second-order valence-corrected chi connectivity index (χ2v) is 8.35. The van der Waals surface area contributed by atoms with Crippen molar-refractivity contribution in [2.24, 2.45) is 0 Å². The summed E-state index contributed by atoms with van der Waals surface area (Å²) in [4.78, 5) is 0. The monoisotopic (exact) mass is 433 g/mol. The summed E-state index contributed by atoms with van der Waals surface area (Å²) in [5.41, 5.74) is 3.73. The van der Waals surface area contributed by atoms with Crippen molar-refractivity contribution in [1.29, 1.82) is 0 Å². The molecule has 148 valence electrons. The van der Waals surface area contributed by atoms with Crippen molar-refractivity contribution < 1.29 is 10.0 Å². The molecule has 5 aromatic rings. The number of fused-ring (bicyclic) bond motifs is 3. The molecule has 0 fully saturated rings. The van der Waals surface area contributed by atoms with Crippen LogP contribution in [-0.4, -0.2) is 76.7 Å². The van der Waals surface area contributed by atoms with Crippen LogP contribution in [-0.2, 0) is 0 Å². The molecule has 4 aromatic carbocycles. The van der Waals surface area contributed by atoms with E-state index in [9.17, 15) is 10.0 Å². The smallest absolute Gasteiger partial charge is 0.423 e. The molecule has 35 heavy (non-hydrogen) atoms. The Morgan fingerprint density at radius 3 is 1.69 bits per heavy atom. The van der Waals surface area contributed by atoms with Gasteiger partial charge >= 0.3 is 7.12 Å². The minimum Gasteiger partial charge on any atom is -0.423 e. The lowest BCUT2D eigenvalue weighted by atomic mass is 9.59. The van der Waals surface area contributed by atoms with Crippen LogP contribution in [0.1, 0.15) is 0 Å². The Morgan fingerprint density at radius 2 is 1.06 bits per heavy atom. The number of rotatable bonds is 3. The lowest BCUT2D eigenvalue weighted by molar-refractivity contribution is 0.426. The summed E-state index contributed by atoms with van der Waals surface area (Å²) >= 11 is 0. The number of nitrogens with zero attached hydrogens (tertiary/aromatic N) is 1. The molecule has 1 aromatic heterocycles. The highest BCUT2D eigenvalue weighted by atomic mass is 16.4. The Morgan fingerprint density at radius 1 is 0.543 bits per heavy atom. The number of benzene rings is 4. The van der Waals surface area contributed by atoms with Gasteiger partial charge in [0, 0.05) is 16.6 Å². The van der Waals surface area contributed by atoms with Gasteiger partial charge in [-0.25, -0.2) is 0 Å². The van der Waals surface area contributed by atoms with E-state index >= 15 is 0 Å². The molecule has 0 saturated heterocycles. The Hall–Kier alpha value is -2.88. The molecule has 0 amide bonds. The maximum absolute atomic E-state index is 10.0. The molecule has 0 unspecified atom stereocenters. The number of aromatic nitrogens is 1. The Bertz CT molecular complexity index is 1650.